The van der Waals surface area contributed by atoms with Crippen LogP contribution >= 0.6 is 0 Å². The summed E-state index contributed by atoms with van der Waals surface area (Å²) in [7, 11) is 0. The van der Waals surface area contributed by atoms with Crippen molar-refractivity contribution in [2.75, 3.05) is 19.8 Å². The molecule has 104 valence electrons. The third-order valence-corrected chi connectivity index (χ3v) is 4.29. The summed E-state index contributed by atoms with van der Waals surface area (Å²) in [6, 6.07) is 1.79. The van der Waals surface area contributed by atoms with Gasteiger partial charge >= 0.3 is 0 Å². The summed E-state index contributed by atoms with van der Waals surface area (Å²) in [6.45, 7) is 2.24. The van der Waals surface area contributed by atoms with Crippen LogP contribution in [0.25, 0.3) is 0 Å². The standard InChI is InChI=1S/C14H20N2O3/c17-13(12-1-5-15-10-16-12)11-2-6-19-14(9-11)3-7-18-8-4-14/h1,5,10-11,13,17H,2-4,6-9H2. The van der Waals surface area contributed by atoms with Gasteiger partial charge in [0.05, 0.1) is 17.4 Å². The molecule has 2 saturated heterocycles. The molecule has 5 nitrogen and oxygen atoms in total. The molecular weight excluding hydrogens is 244 g/mol. The molecule has 0 amide bonds. The zero-order chi connectivity index (χ0) is 13.1. The molecule has 19 heavy (non-hydrogen) atoms. The van der Waals surface area contributed by atoms with Gasteiger partial charge in [-0.3, -0.25) is 0 Å². The molecule has 0 aromatic carbocycles. The van der Waals surface area contributed by atoms with Crippen LogP contribution in [0.1, 0.15) is 37.5 Å². The predicted octanol–water partition coefficient (Wildman–Crippen LogP) is 1.49. The lowest BCUT2D eigenvalue weighted by Gasteiger charge is -2.44. The normalized spacial score (nSPS) is 28.2. The zero-order valence-electron chi connectivity index (χ0n) is 11.0. The summed E-state index contributed by atoms with van der Waals surface area (Å²) < 4.78 is 11.4. The van der Waals surface area contributed by atoms with E-state index in [2.05, 4.69) is 9.97 Å². The smallest absolute Gasteiger partial charge is 0.115 e. The lowest BCUT2D eigenvalue weighted by Crippen LogP contribution is -2.45. The molecule has 2 unspecified atom stereocenters. The third kappa shape index (κ3) is 2.78. The Morgan fingerprint density at radius 1 is 1.32 bits per heavy atom. The monoisotopic (exact) mass is 264 g/mol. The molecule has 5 heteroatoms. The second kappa shape index (κ2) is 5.53. The first-order valence-corrected chi connectivity index (χ1v) is 6.95. The maximum atomic E-state index is 10.5. The second-order valence-electron chi connectivity index (χ2n) is 5.48. The molecule has 2 aliphatic rings. The molecule has 2 fully saturated rings. The van der Waals surface area contributed by atoms with Crippen molar-refractivity contribution in [3.8, 4) is 0 Å². The Labute approximate surface area is 113 Å². The van der Waals surface area contributed by atoms with Crippen LogP contribution in [0.15, 0.2) is 18.6 Å². The van der Waals surface area contributed by atoms with Crippen LogP contribution in [0.5, 0.6) is 0 Å². The van der Waals surface area contributed by atoms with Crippen molar-refractivity contribution in [3.63, 3.8) is 0 Å². The van der Waals surface area contributed by atoms with Crippen LogP contribution < -0.4 is 0 Å². The number of aliphatic hydroxyl groups is 1. The first-order chi connectivity index (χ1) is 9.29. The van der Waals surface area contributed by atoms with Gasteiger partial charge in [0.25, 0.3) is 0 Å². The van der Waals surface area contributed by atoms with E-state index in [0.29, 0.717) is 12.3 Å². The predicted molar refractivity (Wildman–Crippen MR) is 68.5 cm³/mol. The van der Waals surface area contributed by atoms with Crippen LogP contribution in [0, 0.1) is 5.92 Å². The van der Waals surface area contributed by atoms with E-state index in [1.807, 2.05) is 0 Å². The minimum atomic E-state index is -0.522. The minimum absolute atomic E-state index is 0.0881. The van der Waals surface area contributed by atoms with E-state index in [4.69, 9.17) is 9.47 Å². The highest BCUT2D eigenvalue weighted by Gasteiger charge is 2.41. The highest BCUT2D eigenvalue weighted by Crippen LogP contribution is 2.41. The van der Waals surface area contributed by atoms with E-state index in [9.17, 15) is 5.11 Å². The molecule has 1 aromatic rings. The molecule has 1 N–H and O–H groups in total. The van der Waals surface area contributed by atoms with Crippen molar-refractivity contribution in [1.29, 1.82) is 0 Å². The van der Waals surface area contributed by atoms with Crippen molar-refractivity contribution < 1.29 is 14.6 Å². The van der Waals surface area contributed by atoms with Crippen LogP contribution in [-0.4, -0.2) is 40.5 Å². The van der Waals surface area contributed by atoms with E-state index >= 15 is 0 Å². The van der Waals surface area contributed by atoms with Crippen LogP contribution in [0.2, 0.25) is 0 Å². The van der Waals surface area contributed by atoms with Crippen molar-refractivity contribution in [2.24, 2.45) is 5.92 Å². The number of aromatic nitrogens is 2. The van der Waals surface area contributed by atoms with Gasteiger partial charge in [-0.05, 0) is 37.7 Å². The Morgan fingerprint density at radius 2 is 2.16 bits per heavy atom. The average molecular weight is 264 g/mol. The average Bonchev–Trinajstić information content (AvgIpc) is 2.48. The quantitative estimate of drug-likeness (QED) is 0.876. The van der Waals surface area contributed by atoms with Crippen molar-refractivity contribution >= 4 is 0 Å². The number of rotatable bonds is 2. The molecule has 0 saturated carbocycles. The van der Waals surface area contributed by atoms with Gasteiger partial charge in [-0.1, -0.05) is 0 Å². The number of ether oxygens (including phenoxy) is 2. The van der Waals surface area contributed by atoms with Gasteiger partial charge in [-0.2, -0.15) is 0 Å². The van der Waals surface area contributed by atoms with Crippen LogP contribution in [-0.2, 0) is 9.47 Å². The Kier molecular flexibility index (Phi) is 3.77. The molecule has 3 rings (SSSR count). The number of aliphatic hydroxyl groups excluding tert-OH is 1. The van der Waals surface area contributed by atoms with Gasteiger partial charge in [0.15, 0.2) is 0 Å². The SMILES string of the molecule is OC(c1ccncn1)C1CCOC2(CCOCC2)C1. The molecular formula is C14H20N2O3. The number of hydrogen-bond donors (Lipinski definition) is 1. The fraction of sp³-hybridized carbons (Fsp3) is 0.714. The van der Waals surface area contributed by atoms with Crippen molar-refractivity contribution in [3.05, 3.63) is 24.3 Å². The Bertz CT molecular complexity index is 401. The Balaban J connectivity index is 1.71. The second-order valence-corrected chi connectivity index (χ2v) is 5.48. The summed E-state index contributed by atoms with van der Waals surface area (Å²) in [4.78, 5) is 8.05. The topological polar surface area (TPSA) is 64.5 Å². The summed E-state index contributed by atoms with van der Waals surface area (Å²) in [6.07, 6.45) is 6.28. The number of hydrogen-bond acceptors (Lipinski definition) is 5. The molecule has 0 bridgehead atoms. The van der Waals surface area contributed by atoms with Gasteiger partial charge in [0.1, 0.15) is 6.33 Å². The highest BCUT2D eigenvalue weighted by molar-refractivity contribution is 5.05. The largest absolute Gasteiger partial charge is 0.387 e. The van der Waals surface area contributed by atoms with Crippen LogP contribution in [0.3, 0.4) is 0 Å². The zero-order valence-corrected chi connectivity index (χ0v) is 11.0. The van der Waals surface area contributed by atoms with E-state index in [1.165, 1.54) is 6.33 Å². The minimum Gasteiger partial charge on any atom is -0.387 e. The summed E-state index contributed by atoms with van der Waals surface area (Å²) in [5.41, 5.74) is 0.624. The van der Waals surface area contributed by atoms with E-state index in [-0.39, 0.29) is 11.5 Å². The molecule has 2 atom stereocenters. The van der Waals surface area contributed by atoms with Gasteiger partial charge in [-0.25, -0.2) is 9.97 Å². The fourth-order valence-corrected chi connectivity index (χ4v) is 3.14. The van der Waals surface area contributed by atoms with Gasteiger partial charge < -0.3 is 14.6 Å². The molecule has 1 aromatic heterocycles. The van der Waals surface area contributed by atoms with Crippen molar-refractivity contribution in [2.45, 2.75) is 37.4 Å². The summed E-state index contributed by atoms with van der Waals surface area (Å²) in [5.74, 6) is 0.210. The van der Waals surface area contributed by atoms with E-state index in [1.54, 1.807) is 12.3 Å². The summed E-state index contributed by atoms with van der Waals surface area (Å²) in [5, 5.41) is 10.5. The van der Waals surface area contributed by atoms with E-state index < -0.39 is 6.10 Å². The van der Waals surface area contributed by atoms with Gasteiger partial charge in [0, 0.05) is 26.0 Å². The summed E-state index contributed by atoms with van der Waals surface area (Å²) >= 11 is 0. The first-order valence-electron chi connectivity index (χ1n) is 6.95. The number of nitrogens with zero attached hydrogens (tertiary/aromatic N) is 2. The van der Waals surface area contributed by atoms with Crippen LogP contribution in [0.4, 0.5) is 0 Å². The molecule has 3 heterocycles. The van der Waals surface area contributed by atoms with E-state index in [0.717, 1.165) is 38.9 Å². The van der Waals surface area contributed by atoms with Gasteiger partial charge in [0.2, 0.25) is 0 Å². The van der Waals surface area contributed by atoms with Gasteiger partial charge in [-0.15, -0.1) is 0 Å². The highest BCUT2D eigenvalue weighted by atomic mass is 16.5. The first kappa shape index (κ1) is 13.0. The maximum Gasteiger partial charge on any atom is 0.115 e. The lowest BCUT2D eigenvalue weighted by atomic mass is 9.78. The molecule has 0 radical (unpaired) electrons. The lowest BCUT2D eigenvalue weighted by molar-refractivity contribution is -0.159. The Hall–Kier alpha value is -1.04. The molecule has 1 spiro atoms. The fourth-order valence-electron chi connectivity index (χ4n) is 3.14. The third-order valence-electron chi connectivity index (χ3n) is 4.29. The van der Waals surface area contributed by atoms with Crippen molar-refractivity contribution in [1.82, 2.24) is 9.97 Å². The molecule has 0 aliphatic carbocycles. The maximum absolute atomic E-state index is 10.5. The Morgan fingerprint density at radius 3 is 2.89 bits per heavy atom. The molecule has 2 aliphatic heterocycles.